The molecule has 4 nitrogen and oxygen atoms in total. The molecule has 4 rings (SSSR count). The monoisotopic (exact) mass is 438 g/mol. The number of nitrogens with zero attached hydrogens (tertiary/aromatic N) is 2. The summed E-state index contributed by atoms with van der Waals surface area (Å²) in [7, 11) is 0. The first-order valence-corrected chi connectivity index (χ1v) is 9.36. The number of aromatic nitrogens is 2. The lowest BCUT2D eigenvalue weighted by Crippen LogP contribution is -2.14. The summed E-state index contributed by atoms with van der Waals surface area (Å²) in [5.41, 5.74) is -2.17. The molecule has 0 spiro atoms. The Morgan fingerprint density at radius 3 is 2.13 bits per heavy atom. The van der Waals surface area contributed by atoms with Crippen molar-refractivity contribution >= 4 is 17.5 Å². The van der Waals surface area contributed by atoms with Gasteiger partial charge in [0.05, 0.1) is 22.5 Å². The third-order valence-electron chi connectivity index (χ3n) is 4.62. The van der Waals surface area contributed by atoms with E-state index in [0.717, 1.165) is 24.5 Å². The maximum Gasteiger partial charge on any atom is 0.418 e. The molecule has 2 N–H and O–H groups in total. The van der Waals surface area contributed by atoms with Crippen molar-refractivity contribution in [3.05, 3.63) is 65.7 Å². The van der Waals surface area contributed by atoms with Crippen molar-refractivity contribution < 1.29 is 26.3 Å². The van der Waals surface area contributed by atoms with Gasteiger partial charge >= 0.3 is 12.4 Å². The molecule has 1 aliphatic carbocycles. The van der Waals surface area contributed by atoms with E-state index in [2.05, 4.69) is 20.6 Å². The Morgan fingerprint density at radius 2 is 1.52 bits per heavy atom. The fourth-order valence-corrected chi connectivity index (χ4v) is 2.94. The third-order valence-corrected chi connectivity index (χ3v) is 4.62. The highest BCUT2D eigenvalue weighted by Gasteiger charge is 2.38. The molecule has 1 aliphatic rings. The minimum Gasteiger partial charge on any atom is -0.351 e. The van der Waals surface area contributed by atoms with E-state index in [-0.39, 0.29) is 23.9 Å². The molecule has 162 valence electrons. The van der Waals surface area contributed by atoms with Crippen LogP contribution >= 0.6 is 0 Å². The lowest BCUT2D eigenvalue weighted by Gasteiger charge is -2.17. The molecule has 0 amide bonds. The average Bonchev–Trinajstić information content (AvgIpc) is 3.51. The molecule has 1 heterocycles. The summed E-state index contributed by atoms with van der Waals surface area (Å²) in [6.07, 6.45) is -8.03. The molecule has 10 heteroatoms. The van der Waals surface area contributed by atoms with Crippen LogP contribution in [0.1, 0.15) is 24.0 Å². The second-order valence-corrected chi connectivity index (χ2v) is 7.13. The normalized spacial score (nSPS) is 14.4. The van der Waals surface area contributed by atoms with Crippen LogP contribution in [0.25, 0.3) is 11.3 Å². The highest BCUT2D eigenvalue weighted by atomic mass is 19.4. The van der Waals surface area contributed by atoms with Crippen molar-refractivity contribution in [2.75, 3.05) is 10.6 Å². The summed E-state index contributed by atoms with van der Waals surface area (Å²) in [5, 5.41) is 5.62. The molecule has 0 bridgehead atoms. The van der Waals surface area contributed by atoms with Gasteiger partial charge in [-0.2, -0.15) is 31.3 Å². The highest BCUT2D eigenvalue weighted by Crippen LogP contribution is 2.40. The van der Waals surface area contributed by atoms with E-state index in [0.29, 0.717) is 11.8 Å². The maximum atomic E-state index is 13.5. The predicted molar refractivity (Wildman–Crippen MR) is 104 cm³/mol. The second kappa shape index (κ2) is 7.75. The van der Waals surface area contributed by atoms with E-state index in [1.807, 2.05) is 6.07 Å². The first-order chi connectivity index (χ1) is 14.6. The number of alkyl halides is 6. The first-order valence-electron chi connectivity index (χ1n) is 9.36. The van der Waals surface area contributed by atoms with Crippen molar-refractivity contribution in [1.29, 1.82) is 0 Å². The summed E-state index contributed by atoms with van der Waals surface area (Å²) in [5.74, 6) is 0.258. The number of benzene rings is 2. The van der Waals surface area contributed by atoms with E-state index < -0.39 is 29.2 Å². The van der Waals surface area contributed by atoms with Gasteiger partial charge in [-0.1, -0.05) is 30.3 Å². The molecule has 1 saturated carbocycles. The smallest absolute Gasteiger partial charge is 0.351 e. The lowest BCUT2D eigenvalue weighted by atomic mass is 10.1. The highest BCUT2D eigenvalue weighted by molar-refractivity contribution is 5.69. The zero-order chi connectivity index (χ0) is 22.2. The van der Waals surface area contributed by atoms with Crippen molar-refractivity contribution in [2.24, 2.45) is 0 Å². The lowest BCUT2D eigenvalue weighted by molar-refractivity contribution is -0.142. The summed E-state index contributed by atoms with van der Waals surface area (Å²) < 4.78 is 79.2. The SMILES string of the molecule is FC(F)(F)c1ccc(Nc2cc(-c3ccccc3)nc(NC3CC3)n2)c(C(F)(F)F)c1. The fourth-order valence-electron chi connectivity index (χ4n) is 2.94. The van der Waals surface area contributed by atoms with Crippen LogP contribution in [0.15, 0.2) is 54.6 Å². The van der Waals surface area contributed by atoms with Crippen LogP contribution < -0.4 is 10.6 Å². The molecule has 2 aromatic carbocycles. The van der Waals surface area contributed by atoms with Gasteiger partial charge in [0, 0.05) is 17.7 Å². The largest absolute Gasteiger partial charge is 0.418 e. The standard InChI is InChI=1S/C21H16F6N4/c22-20(23,24)13-6-9-16(15(10-13)21(25,26)27)29-18-11-17(12-4-2-1-3-5-12)30-19(31-18)28-14-7-8-14/h1-6,9-11,14H,7-8H2,(H2,28,29,30,31). The number of anilines is 3. The number of hydrogen-bond acceptors (Lipinski definition) is 4. The zero-order valence-electron chi connectivity index (χ0n) is 15.8. The van der Waals surface area contributed by atoms with Gasteiger partial charge in [-0.3, -0.25) is 0 Å². The van der Waals surface area contributed by atoms with E-state index in [4.69, 9.17) is 0 Å². The molecular formula is C21H16F6N4. The number of nitrogens with one attached hydrogen (secondary N) is 2. The zero-order valence-corrected chi connectivity index (χ0v) is 15.8. The minimum atomic E-state index is -4.99. The molecule has 0 aliphatic heterocycles. The third kappa shape index (κ3) is 5.07. The number of hydrogen-bond donors (Lipinski definition) is 2. The molecule has 1 aromatic heterocycles. The van der Waals surface area contributed by atoms with E-state index in [1.165, 1.54) is 6.07 Å². The molecule has 0 atom stereocenters. The molecule has 0 radical (unpaired) electrons. The van der Waals surface area contributed by atoms with E-state index >= 15 is 0 Å². The topological polar surface area (TPSA) is 49.8 Å². The van der Waals surface area contributed by atoms with Crippen molar-refractivity contribution in [3.63, 3.8) is 0 Å². The molecule has 0 unspecified atom stereocenters. The summed E-state index contributed by atoms with van der Waals surface area (Å²) in [6, 6.07) is 12.0. The van der Waals surface area contributed by atoms with Crippen molar-refractivity contribution in [2.45, 2.75) is 31.2 Å². The average molecular weight is 438 g/mol. The van der Waals surface area contributed by atoms with Crippen LogP contribution in [0.5, 0.6) is 0 Å². The van der Waals surface area contributed by atoms with Crippen LogP contribution in [0.4, 0.5) is 43.8 Å². The molecular weight excluding hydrogens is 422 g/mol. The Hall–Kier alpha value is -3.30. The van der Waals surface area contributed by atoms with Crippen LogP contribution in [0, 0.1) is 0 Å². The van der Waals surface area contributed by atoms with Crippen molar-refractivity contribution in [1.82, 2.24) is 9.97 Å². The van der Waals surface area contributed by atoms with Crippen LogP contribution in [-0.2, 0) is 12.4 Å². The first kappa shape index (κ1) is 21.0. The van der Waals surface area contributed by atoms with Gasteiger partial charge in [0.2, 0.25) is 5.95 Å². The van der Waals surface area contributed by atoms with Gasteiger partial charge in [0.15, 0.2) is 0 Å². The van der Waals surface area contributed by atoms with Crippen LogP contribution in [0.3, 0.4) is 0 Å². The van der Waals surface area contributed by atoms with E-state index in [1.54, 1.807) is 24.3 Å². The fraction of sp³-hybridized carbons (Fsp3) is 0.238. The van der Waals surface area contributed by atoms with Gasteiger partial charge in [-0.15, -0.1) is 0 Å². The quantitative estimate of drug-likeness (QED) is 0.447. The number of halogens is 6. The Bertz CT molecular complexity index is 1080. The summed E-state index contributed by atoms with van der Waals surface area (Å²) in [4.78, 5) is 8.62. The Labute approximate surface area is 173 Å². The van der Waals surface area contributed by atoms with Gasteiger partial charge in [-0.25, -0.2) is 4.98 Å². The number of rotatable bonds is 5. The van der Waals surface area contributed by atoms with Crippen LogP contribution in [-0.4, -0.2) is 16.0 Å². The van der Waals surface area contributed by atoms with Crippen molar-refractivity contribution in [3.8, 4) is 11.3 Å². The summed E-state index contributed by atoms with van der Waals surface area (Å²) in [6.45, 7) is 0. The van der Waals surface area contributed by atoms with Crippen LogP contribution in [0.2, 0.25) is 0 Å². The Balaban J connectivity index is 1.74. The van der Waals surface area contributed by atoms with Gasteiger partial charge in [-0.05, 0) is 31.0 Å². The van der Waals surface area contributed by atoms with Gasteiger partial charge in [0.25, 0.3) is 0 Å². The summed E-state index contributed by atoms with van der Waals surface area (Å²) >= 11 is 0. The van der Waals surface area contributed by atoms with E-state index in [9.17, 15) is 26.3 Å². The molecule has 3 aromatic rings. The Morgan fingerprint density at radius 1 is 0.806 bits per heavy atom. The second-order valence-electron chi connectivity index (χ2n) is 7.13. The maximum absolute atomic E-state index is 13.5. The predicted octanol–water partition coefficient (Wildman–Crippen LogP) is 6.50. The Kier molecular flexibility index (Phi) is 5.24. The van der Waals surface area contributed by atoms with Gasteiger partial charge in [0.1, 0.15) is 5.82 Å². The molecule has 31 heavy (non-hydrogen) atoms. The minimum absolute atomic E-state index is 0.0299. The molecule has 1 fully saturated rings. The van der Waals surface area contributed by atoms with Gasteiger partial charge < -0.3 is 10.6 Å². The molecule has 0 saturated heterocycles.